The van der Waals surface area contributed by atoms with Crippen LogP contribution in [0.5, 0.6) is 0 Å². The zero-order valence-corrected chi connectivity index (χ0v) is 13.7. The van der Waals surface area contributed by atoms with E-state index in [1.165, 1.54) is 21.7 Å². The molecule has 1 aromatic carbocycles. The van der Waals surface area contributed by atoms with Gasteiger partial charge in [-0.25, -0.2) is 0 Å². The number of hydrogen-bond acceptors (Lipinski definition) is 2. The average molecular weight is 375 g/mol. The van der Waals surface area contributed by atoms with E-state index >= 15 is 0 Å². The molecule has 1 N–H and O–H groups in total. The summed E-state index contributed by atoms with van der Waals surface area (Å²) < 4.78 is 2.27. The molecule has 0 bridgehead atoms. The highest BCUT2D eigenvalue weighted by atomic mass is 79.9. The minimum atomic E-state index is 0.860. The molecule has 4 heteroatoms. The zero-order chi connectivity index (χ0) is 12.4. The molecule has 0 unspecified atom stereocenters. The highest BCUT2D eigenvalue weighted by molar-refractivity contribution is 9.13. The normalized spacial score (nSPS) is 10.6. The van der Waals surface area contributed by atoms with Gasteiger partial charge in [0.15, 0.2) is 0 Å². The monoisotopic (exact) mass is 373 g/mol. The Morgan fingerprint density at radius 2 is 2.00 bits per heavy atom. The summed E-state index contributed by atoms with van der Waals surface area (Å²) in [4.78, 5) is 1.31. The fourth-order valence-corrected chi connectivity index (χ4v) is 3.72. The van der Waals surface area contributed by atoms with Crippen LogP contribution in [0.2, 0.25) is 0 Å². The van der Waals surface area contributed by atoms with Gasteiger partial charge in [-0.05, 0) is 69.0 Å². The molecule has 0 aliphatic rings. The van der Waals surface area contributed by atoms with Crippen LogP contribution in [0.4, 0.5) is 5.69 Å². The molecule has 90 valence electrons. The van der Waals surface area contributed by atoms with Gasteiger partial charge in [-0.2, -0.15) is 0 Å². The lowest BCUT2D eigenvalue weighted by Gasteiger charge is -2.10. The molecule has 0 saturated carbocycles. The van der Waals surface area contributed by atoms with Crippen molar-refractivity contribution in [2.45, 2.75) is 20.4 Å². The third-order valence-corrected chi connectivity index (χ3v) is 6.01. The number of halogens is 2. The van der Waals surface area contributed by atoms with Crippen LogP contribution in [0.15, 0.2) is 32.5 Å². The average Bonchev–Trinajstić information content (AvgIpc) is 2.61. The second kappa shape index (κ2) is 5.55. The summed E-state index contributed by atoms with van der Waals surface area (Å²) in [5.41, 5.74) is 3.86. The molecule has 17 heavy (non-hydrogen) atoms. The van der Waals surface area contributed by atoms with Crippen molar-refractivity contribution in [1.29, 1.82) is 0 Å². The van der Waals surface area contributed by atoms with Crippen molar-refractivity contribution in [3.05, 3.63) is 48.5 Å². The Kier molecular flexibility index (Phi) is 4.28. The van der Waals surface area contributed by atoms with Gasteiger partial charge in [0, 0.05) is 21.6 Å². The van der Waals surface area contributed by atoms with E-state index in [1.54, 1.807) is 11.3 Å². The smallest absolute Gasteiger partial charge is 0.0843 e. The van der Waals surface area contributed by atoms with E-state index in [0.29, 0.717) is 0 Å². The van der Waals surface area contributed by atoms with Crippen molar-refractivity contribution in [3.63, 3.8) is 0 Å². The topological polar surface area (TPSA) is 12.0 Å². The molecule has 2 aromatic rings. The van der Waals surface area contributed by atoms with Crippen LogP contribution in [-0.4, -0.2) is 0 Å². The van der Waals surface area contributed by atoms with Gasteiger partial charge < -0.3 is 5.32 Å². The first kappa shape index (κ1) is 13.1. The van der Waals surface area contributed by atoms with Crippen molar-refractivity contribution in [2.75, 3.05) is 5.32 Å². The van der Waals surface area contributed by atoms with Crippen LogP contribution in [-0.2, 0) is 6.54 Å². The molecule has 0 saturated heterocycles. The van der Waals surface area contributed by atoms with E-state index in [9.17, 15) is 0 Å². The molecule has 1 heterocycles. The van der Waals surface area contributed by atoms with Crippen LogP contribution < -0.4 is 5.32 Å². The molecular formula is C13H13Br2NS. The second-order valence-electron chi connectivity index (χ2n) is 3.94. The van der Waals surface area contributed by atoms with E-state index in [0.717, 1.165) is 14.8 Å². The number of rotatable bonds is 3. The molecule has 0 fully saturated rings. The van der Waals surface area contributed by atoms with Gasteiger partial charge in [-0.15, -0.1) is 11.3 Å². The Morgan fingerprint density at radius 1 is 1.24 bits per heavy atom. The number of anilines is 1. The summed E-state index contributed by atoms with van der Waals surface area (Å²) in [6.45, 7) is 5.15. The Hall–Kier alpha value is -0.320. The van der Waals surface area contributed by atoms with E-state index in [2.05, 4.69) is 75.3 Å². The van der Waals surface area contributed by atoms with Gasteiger partial charge >= 0.3 is 0 Å². The SMILES string of the molecule is Cc1cccc(NCc2cc(Br)c(Br)s2)c1C. The first-order valence-electron chi connectivity index (χ1n) is 5.31. The standard InChI is InChI=1S/C13H13Br2NS/c1-8-4-3-5-12(9(8)2)16-7-10-6-11(14)13(15)17-10/h3-6,16H,7H2,1-2H3. The maximum absolute atomic E-state index is 3.51. The second-order valence-corrected chi connectivity index (χ2v) is 7.24. The molecule has 0 radical (unpaired) electrons. The summed E-state index contributed by atoms with van der Waals surface area (Å²) >= 11 is 8.77. The number of benzene rings is 1. The lowest BCUT2D eigenvalue weighted by Crippen LogP contribution is -2.00. The van der Waals surface area contributed by atoms with Crippen LogP contribution in [0.25, 0.3) is 0 Å². The van der Waals surface area contributed by atoms with Crippen molar-refractivity contribution >= 4 is 48.9 Å². The van der Waals surface area contributed by atoms with Crippen molar-refractivity contribution in [2.24, 2.45) is 0 Å². The quantitative estimate of drug-likeness (QED) is 0.747. The largest absolute Gasteiger partial charge is 0.380 e. The maximum atomic E-state index is 3.51. The van der Waals surface area contributed by atoms with Crippen molar-refractivity contribution in [3.8, 4) is 0 Å². The van der Waals surface area contributed by atoms with E-state index in [4.69, 9.17) is 0 Å². The highest BCUT2D eigenvalue weighted by Gasteiger charge is 2.05. The molecule has 1 nitrogen and oxygen atoms in total. The molecule has 0 amide bonds. The molecule has 0 spiro atoms. The van der Waals surface area contributed by atoms with Crippen LogP contribution in [0.1, 0.15) is 16.0 Å². The summed E-state index contributed by atoms with van der Waals surface area (Å²) in [7, 11) is 0. The van der Waals surface area contributed by atoms with Crippen LogP contribution >= 0.6 is 43.2 Å². The number of nitrogens with one attached hydrogen (secondary N) is 1. The molecule has 1 aromatic heterocycles. The van der Waals surface area contributed by atoms with E-state index in [-0.39, 0.29) is 0 Å². The highest BCUT2D eigenvalue weighted by Crippen LogP contribution is 2.32. The van der Waals surface area contributed by atoms with Gasteiger partial charge in [0.1, 0.15) is 0 Å². The zero-order valence-electron chi connectivity index (χ0n) is 9.68. The van der Waals surface area contributed by atoms with E-state index < -0.39 is 0 Å². The summed E-state index contributed by atoms with van der Waals surface area (Å²) in [5.74, 6) is 0. The summed E-state index contributed by atoms with van der Waals surface area (Å²) in [6.07, 6.45) is 0. The summed E-state index contributed by atoms with van der Waals surface area (Å²) in [6, 6.07) is 8.50. The first-order valence-corrected chi connectivity index (χ1v) is 7.72. The molecule has 0 atom stereocenters. The predicted octanol–water partition coefficient (Wildman–Crippen LogP) is 5.50. The lowest BCUT2D eigenvalue weighted by molar-refractivity contribution is 1.17. The fraction of sp³-hybridized carbons (Fsp3) is 0.231. The van der Waals surface area contributed by atoms with Crippen LogP contribution in [0, 0.1) is 13.8 Å². The van der Waals surface area contributed by atoms with Crippen molar-refractivity contribution in [1.82, 2.24) is 0 Å². The van der Waals surface area contributed by atoms with E-state index in [1.807, 2.05) is 0 Å². The predicted molar refractivity (Wildman–Crippen MR) is 83.0 cm³/mol. The Morgan fingerprint density at radius 3 is 2.65 bits per heavy atom. The third kappa shape index (κ3) is 3.12. The fourth-order valence-electron chi connectivity index (χ4n) is 1.60. The third-order valence-electron chi connectivity index (χ3n) is 2.75. The Bertz CT molecular complexity index is 515. The van der Waals surface area contributed by atoms with Gasteiger partial charge in [0.2, 0.25) is 0 Å². The van der Waals surface area contributed by atoms with Gasteiger partial charge in [0.25, 0.3) is 0 Å². The number of aryl methyl sites for hydroxylation is 1. The van der Waals surface area contributed by atoms with Crippen LogP contribution in [0.3, 0.4) is 0 Å². The Labute approximate surface area is 123 Å². The van der Waals surface area contributed by atoms with Gasteiger partial charge in [0.05, 0.1) is 3.79 Å². The minimum Gasteiger partial charge on any atom is -0.380 e. The van der Waals surface area contributed by atoms with Gasteiger partial charge in [-0.1, -0.05) is 12.1 Å². The minimum absolute atomic E-state index is 0.860. The van der Waals surface area contributed by atoms with Gasteiger partial charge in [-0.3, -0.25) is 0 Å². The molecule has 2 rings (SSSR count). The lowest BCUT2D eigenvalue weighted by atomic mass is 10.1. The first-order chi connectivity index (χ1) is 8.08. The molecule has 0 aliphatic carbocycles. The Balaban J connectivity index is 2.10. The molecular weight excluding hydrogens is 362 g/mol. The summed E-state index contributed by atoms with van der Waals surface area (Å²) in [5, 5.41) is 3.48. The number of thiophene rings is 1. The van der Waals surface area contributed by atoms with Crippen molar-refractivity contribution < 1.29 is 0 Å². The maximum Gasteiger partial charge on any atom is 0.0843 e. The number of hydrogen-bond donors (Lipinski definition) is 1. The molecule has 0 aliphatic heterocycles.